The van der Waals surface area contributed by atoms with Crippen LogP contribution in [0.25, 0.3) is 0 Å². The molecule has 0 radical (unpaired) electrons. The molecule has 1 aliphatic rings. The first kappa shape index (κ1) is 11.9. The van der Waals surface area contributed by atoms with Crippen molar-refractivity contribution in [3.05, 3.63) is 28.8 Å². The van der Waals surface area contributed by atoms with Gasteiger partial charge in [0.2, 0.25) is 11.8 Å². The predicted molar refractivity (Wildman–Crippen MR) is 66.2 cm³/mol. The molecule has 1 heterocycles. The molecule has 0 aromatic heterocycles. The minimum atomic E-state index is -0.110. The fourth-order valence-electron chi connectivity index (χ4n) is 1.82. The van der Waals surface area contributed by atoms with E-state index in [4.69, 9.17) is 11.6 Å². The summed E-state index contributed by atoms with van der Waals surface area (Å²) in [5.41, 5.74) is 1.75. The third-order valence-corrected chi connectivity index (χ3v) is 3.00. The quantitative estimate of drug-likeness (QED) is 0.824. The van der Waals surface area contributed by atoms with Gasteiger partial charge >= 0.3 is 0 Å². The highest BCUT2D eigenvalue weighted by Gasteiger charge is 2.22. The van der Waals surface area contributed by atoms with Gasteiger partial charge in [-0.3, -0.25) is 9.59 Å². The molecule has 0 aliphatic carbocycles. The Kier molecular flexibility index (Phi) is 3.33. The van der Waals surface area contributed by atoms with Crippen LogP contribution in [0.2, 0.25) is 5.02 Å². The molecule has 4 nitrogen and oxygen atoms in total. The lowest BCUT2D eigenvalue weighted by atomic mass is 10.1. The molecule has 1 aromatic rings. The molecular weight excluding hydrogens is 240 g/mol. The maximum atomic E-state index is 11.9. The zero-order valence-electron chi connectivity index (χ0n) is 9.50. The highest BCUT2D eigenvalue weighted by atomic mass is 35.5. The van der Waals surface area contributed by atoms with Gasteiger partial charge in [0.1, 0.15) is 0 Å². The smallest absolute Gasteiger partial charge is 0.246 e. The van der Waals surface area contributed by atoms with Crippen molar-refractivity contribution in [2.45, 2.75) is 13.3 Å². The molecule has 2 rings (SSSR count). The van der Waals surface area contributed by atoms with Gasteiger partial charge in [0.15, 0.2) is 0 Å². The molecule has 17 heavy (non-hydrogen) atoms. The number of hydrogen-bond donors (Lipinski definition) is 1. The second-order valence-electron chi connectivity index (χ2n) is 4.00. The van der Waals surface area contributed by atoms with E-state index in [1.54, 1.807) is 17.0 Å². The van der Waals surface area contributed by atoms with Crippen molar-refractivity contribution in [2.75, 3.05) is 18.0 Å². The number of rotatable bonds is 1. The number of anilines is 1. The van der Waals surface area contributed by atoms with Gasteiger partial charge in [0.05, 0.1) is 6.54 Å². The monoisotopic (exact) mass is 252 g/mol. The SMILES string of the molecule is Cc1ccc(Cl)cc1N1CCC(=O)NCC1=O. The zero-order chi connectivity index (χ0) is 12.4. The van der Waals surface area contributed by atoms with Crippen LogP contribution in [0.15, 0.2) is 18.2 Å². The Balaban J connectivity index is 2.34. The Labute approximate surface area is 105 Å². The molecule has 0 unspecified atom stereocenters. The fraction of sp³-hybridized carbons (Fsp3) is 0.333. The van der Waals surface area contributed by atoms with Crippen molar-refractivity contribution in [2.24, 2.45) is 0 Å². The number of aryl methyl sites for hydroxylation is 1. The van der Waals surface area contributed by atoms with Gasteiger partial charge in [0, 0.05) is 23.7 Å². The fourth-order valence-corrected chi connectivity index (χ4v) is 1.99. The van der Waals surface area contributed by atoms with Gasteiger partial charge in [-0.05, 0) is 24.6 Å². The molecule has 0 bridgehead atoms. The first-order valence-electron chi connectivity index (χ1n) is 5.41. The molecule has 1 fully saturated rings. The van der Waals surface area contributed by atoms with Crippen molar-refractivity contribution >= 4 is 29.1 Å². The van der Waals surface area contributed by atoms with E-state index in [1.807, 2.05) is 13.0 Å². The molecular formula is C12H13ClN2O2. The number of carbonyl (C=O) groups excluding carboxylic acids is 2. The average Bonchev–Trinajstić information content (AvgIpc) is 2.46. The molecule has 2 amide bonds. The molecule has 0 spiro atoms. The van der Waals surface area contributed by atoms with E-state index in [0.717, 1.165) is 11.3 Å². The lowest BCUT2D eigenvalue weighted by molar-refractivity contribution is -0.123. The van der Waals surface area contributed by atoms with Gasteiger partial charge in [-0.1, -0.05) is 17.7 Å². The van der Waals surface area contributed by atoms with E-state index >= 15 is 0 Å². The number of halogens is 1. The number of hydrogen-bond acceptors (Lipinski definition) is 2. The van der Waals surface area contributed by atoms with Gasteiger partial charge in [-0.2, -0.15) is 0 Å². The Morgan fingerprint density at radius 3 is 2.88 bits per heavy atom. The Morgan fingerprint density at radius 2 is 2.12 bits per heavy atom. The zero-order valence-corrected chi connectivity index (χ0v) is 10.3. The van der Waals surface area contributed by atoms with Crippen LogP contribution in [0.1, 0.15) is 12.0 Å². The van der Waals surface area contributed by atoms with Gasteiger partial charge in [-0.15, -0.1) is 0 Å². The highest BCUT2D eigenvalue weighted by Crippen LogP contribution is 2.25. The maximum Gasteiger partial charge on any atom is 0.246 e. The minimum Gasteiger partial charge on any atom is -0.347 e. The number of carbonyl (C=O) groups is 2. The topological polar surface area (TPSA) is 49.4 Å². The second-order valence-corrected chi connectivity index (χ2v) is 4.44. The van der Waals surface area contributed by atoms with Crippen molar-refractivity contribution in [3.63, 3.8) is 0 Å². The number of benzene rings is 1. The summed E-state index contributed by atoms with van der Waals surface area (Å²) < 4.78 is 0. The van der Waals surface area contributed by atoms with Crippen molar-refractivity contribution < 1.29 is 9.59 Å². The number of nitrogens with zero attached hydrogens (tertiary/aromatic N) is 1. The van der Waals surface area contributed by atoms with Crippen molar-refractivity contribution in [1.82, 2.24) is 5.32 Å². The van der Waals surface area contributed by atoms with Crippen LogP contribution in [0.3, 0.4) is 0 Å². The van der Waals surface area contributed by atoms with Crippen LogP contribution in [-0.2, 0) is 9.59 Å². The van der Waals surface area contributed by atoms with E-state index < -0.39 is 0 Å². The van der Waals surface area contributed by atoms with Gasteiger partial charge in [-0.25, -0.2) is 0 Å². The average molecular weight is 253 g/mol. The lowest BCUT2D eigenvalue weighted by Gasteiger charge is -2.22. The third-order valence-electron chi connectivity index (χ3n) is 2.76. The Bertz CT molecular complexity index is 474. The number of amides is 2. The third kappa shape index (κ3) is 2.58. The molecule has 1 aromatic carbocycles. The van der Waals surface area contributed by atoms with Crippen LogP contribution in [-0.4, -0.2) is 24.9 Å². The van der Waals surface area contributed by atoms with E-state index in [9.17, 15) is 9.59 Å². The molecule has 0 atom stereocenters. The van der Waals surface area contributed by atoms with E-state index in [0.29, 0.717) is 18.0 Å². The maximum absolute atomic E-state index is 11.9. The van der Waals surface area contributed by atoms with Gasteiger partial charge < -0.3 is 10.2 Å². The lowest BCUT2D eigenvalue weighted by Crippen LogP contribution is -2.35. The first-order chi connectivity index (χ1) is 8.08. The Morgan fingerprint density at radius 1 is 1.35 bits per heavy atom. The van der Waals surface area contributed by atoms with Crippen LogP contribution in [0.4, 0.5) is 5.69 Å². The standard InChI is InChI=1S/C12H13ClN2O2/c1-8-2-3-9(13)6-10(8)15-5-4-11(16)14-7-12(15)17/h2-3,6H,4-5,7H2,1H3,(H,14,16). The van der Waals surface area contributed by atoms with Crippen molar-refractivity contribution in [3.8, 4) is 0 Å². The predicted octanol–water partition coefficient (Wildman–Crippen LogP) is 1.50. The van der Waals surface area contributed by atoms with Crippen molar-refractivity contribution in [1.29, 1.82) is 0 Å². The Hall–Kier alpha value is -1.55. The molecule has 90 valence electrons. The molecule has 1 N–H and O–H groups in total. The summed E-state index contributed by atoms with van der Waals surface area (Å²) in [7, 11) is 0. The van der Waals surface area contributed by atoms with Crippen LogP contribution < -0.4 is 10.2 Å². The van der Waals surface area contributed by atoms with Crippen LogP contribution >= 0.6 is 11.6 Å². The summed E-state index contributed by atoms with van der Waals surface area (Å²) in [5, 5.41) is 3.15. The van der Waals surface area contributed by atoms with E-state index in [-0.39, 0.29) is 18.4 Å². The second kappa shape index (κ2) is 4.75. The summed E-state index contributed by atoms with van der Waals surface area (Å²) >= 11 is 5.93. The van der Waals surface area contributed by atoms with Crippen LogP contribution in [0.5, 0.6) is 0 Å². The molecule has 0 saturated carbocycles. The van der Waals surface area contributed by atoms with Gasteiger partial charge in [0.25, 0.3) is 0 Å². The minimum absolute atomic E-state index is 0.0464. The summed E-state index contributed by atoms with van der Waals surface area (Å²) in [4.78, 5) is 24.7. The molecule has 1 saturated heterocycles. The van der Waals surface area contributed by atoms with E-state index in [2.05, 4.69) is 5.32 Å². The summed E-state index contributed by atoms with van der Waals surface area (Å²) in [6.45, 7) is 2.36. The first-order valence-corrected chi connectivity index (χ1v) is 5.79. The molecule has 5 heteroatoms. The van der Waals surface area contributed by atoms with E-state index in [1.165, 1.54) is 0 Å². The normalized spacial score (nSPS) is 16.7. The largest absolute Gasteiger partial charge is 0.347 e. The summed E-state index contributed by atoms with van der Waals surface area (Å²) in [6.07, 6.45) is 0.317. The summed E-state index contributed by atoms with van der Waals surface area (Å²) in [5.74, 6) is -0.207. The van der Waals surface area contributed by atoms with Crippen LogP contribution in [0, 0.1) is 6.92 Å². The highest BCUT2D eigenvalue weighted by molar-refractivity contribution is 6.31. The molecule has 1 aliphatic heterocycles. The number of nitrogens with one attached hydrogen (secondary N) is 1. The summed E-state index contributed by atoms with van der Waals surface area (Å²) in [6, 6.07) is 5.40.